The third-order valence-electron chi connectivity index (χ3n) is 5.07. The molecule has 0 radical (unpaired) electrons. The Kier molecular flexibility index (Phi) is 8.82. The monoisotopic (exact) mass is 592 g/mol. The minimum Gasteiger partial charge on any atom is -0.341 e. The SMILES string of the molecule is CC(C)(NC(=O)c1c(Sc2cc(Cl)cc(Cl)c2)cccc1Sc1cc(Cl)cc(Cl)c1)c1ccccn1. The normalized spacial score (nSPS) is 11.4. The molecule has 1 amide bonds. The van der Waals surface area contributed by atoms with Crippen molar-refractivity contribution in [3.05, 3.63) is 110 Å². The van der Waals surface area contributed by atoms with Crippen molar-refractivity contribution in [2.75, 3.05) is 0 Å². The summed E-state index contributed by atoms with van der Waals surface area (Å²) in [5.74, 6) is -0.238. The van der Waals surface area contributed by atoms with Crippen LogP contribution < -0.4 is 5.32 Å². The molecule has 0 fully saturated rings. The lowest BCUT2D eigenvalue weighted by Gasteiger charge is -2.27. The van der Waals surface area contributed by atoms with Gasteiger partial charge in [0.15, 0.2) is 0 Å². The molecule has 0 bridgehead atoms. The summed E-state index contributed by atoms with van der Waals surface area (Å²) in [6.45, 7) is 3.84. The first kappa shape index (κ1) is 27.2. The van der Waals surface area contributed by atoms with Crippen LogP contribution in [0.3, 0.4) is 0 Å². The molecule has 0 spiro atoms. The summed E-state index contributed by atoms with van der Waals surface area (Å²) < 4.78 is 0. The van der Waals surface area contributed by atoms with Gasteiger partial charge in [-0.05, 0) is 74.5 Å². The number of benzene rings is 3. The number of hydrogen-bond acceptors (Lipinski definition) is 4. The minimum atomic E-state index is -0.712. The van der Waals surface area contributed by atoms with E-state index in [1.165, 1.54) is 23.5 Å². The van der Waals surface area contributed by atoms with E-state index >= 15 is 0 Å². The van der Waals surface area contributed by atoms with E-state index in [-0.39, 0.29) is 5.91 Å². The quantitative estimate of drug-likeness (QED) is 0.231. The molecule has 0 aliphatic heterocycles. The fourth-order valence-corrected chi connectivity index (χ4v) is 7.01. The van der Waals surface area contributed by atoms with Crippen LogP contribution in [0, 0.1) is 0 Å². The number of pyridine rings is 1. The molecule has 184 valence electrons. The molecule has 0 saturated heterocycles. The highest BCUT2D eigenvalue weighted by molar-refractivity contribution is 8.00. The fraction of sp³-hybridized carbons (Fsp3) is 0.111. The van der Waals surface area contributed by atoms with Crippen LogP contribution in [0.5, 0.6) is 0 Å². The lowest BCUT2D eigenvalue weighted by atomic mass is 9.99. The Balaban J connectivity index is 1.77. The second kappa shape index (κ2) is 11.7. The molecule has 4 aromatic rings. The Morgan fingerprint density at radius 2 is 1.25 bits per heavy atom. The van der Waals surface area contributed by atoms with Crippen molar-refractivity contribution in [3.63, 3.8) is 0 Å². The highest BCUT2D eigenvalue weighted by atomic mass is 35.5. The first-order chi connectivity index (χ1) is 17.1. The molecule has 0 aliphatic carbocycles. The van der Waals surface area contributed by atoms with Crippen molar-refractivity contribution >= 4 is 75.8 Å². The van der Waals surface area contributed by atoms with Crippen molar-refractivity contribution in [1.82, 2.24) is 10.3 Å². The van der Waals surface area contributed by atoms with Gasteiger partial charge >= 0.3 is 0 Å². The summed E-state index contributed by atoms with van der Waals surface area (Å²) in [5.41, 5.74) is 0.557. The smallest absolute Gasteiger partial charge is 0.254 e. The number of halogens is 4. The van der Waals surface area contributed by atoms with Crippen molar-refractivity contribution in [2.24, 2.45) is 0 Å². The second-order valence-corrected chi connectivity index (χ2v) is 12.3. The van der Waals surface area contributed by atoms with Gasteiger partial charge in [0.25, 0.3) is 5.91 Å². The van der Waals surface area contributed by atoms with E-state index in [1.807, 2.05) is 74.5 Å². The maximum Gasteiger partial charge on any atom is 0.254 e. The molecular weight excluding hydrogens is 574 g/mol. The van der Waals surface area contributed by atoms with Gasteiger partial charge in [-0.2, -0.15) is 0 Å². The summed E-state index contributed by atoms with van der Waals surface area (Å²) in [6, 6.07) is 21.9. The van der Waals surface area contributed by atoms with E-state index < -0.39 is 5.54 Å². The molecule has 0 saturated carbocycles. The number of carbonyl (C=O) groups is 1. The molecule has 0 unspecified atom stereocenters. The number of aromatic nitrogens is 1. The Morgan fingerprint density at radius 1 is 0.750 bits per heavy atom. The van der Waals surface area contributed by atoms with Crippen LogP contribution >= 0.6 is 69.9 Å². The Labute approximate surface area is 238 Å². The maximum absolute atomic E-state index is 13.9. The summed E-state index contributed by atoms with van der Waals surface area (Å²) >= 11 is 27.7. The van der Waals surface area contributed by atoms with E-state index in [0.717, 1.165) is 25.3 Å². The van der Waals surface area contributed by atoms with E-state index in [4.69, 9.17) is 46.4 Å². The number of amides is 1. The van der Waals surface area contributed by atoms with E-state index in [9.17, 15) is 4.79 Å². The van der Waals surface area contributed by atoms with Gasteiger partial charge in [0, 0.05) is 45.9 Å². The third-order valence-corrected chi connectivity index (χ3v) is 8.01. The first-order valence-corrected chi connectivity index (χ1v) is 13.9. The van der Waals surface area contributed by atoms with E-state index in [1.54, 1.807) is 18.3 Å². The minimum absolute atomic E-state index is 0.238. The average Bonchev–Trinajstić information content (AvgIpc) is 2.78. The van der Waals surface area contributed by atoms with Crippen LogP contribution in [0.1, 0.15) is 29.9 Å². The third kappa shape index (κ3) is 6.91. The van der Waals surface area contributed by atoms with Gasteiger partial charge in [-0.25, -0.2) is 0 Å². The van der Waals surface area contributed by atoms with Crippen molar-refractivity contribution in [2.45, 2.75) is 39.0 Å². The standard InChI is InChI=1S/C27H20Cl4N2OS2/c1-27(2,24-8-3-4-9-32-24)33-26(34)25-22(35-20-12-16(28)10-17(29)13-20)6-5-7-23(25)36-21-14-18(30)11-19(31)15-21/h3-15H,1-2H3,(H,33,34). The molecule has 1 heterocycles. The molecule has 36 heavy (non-hydrogen) atoms. The van der Waals surface area contributed by atoms with Crippen molar-refractivity contribution < 1.29 is 4.79 Å². The molecule has 1 aromatic heterocycles. The number of rotatable bonds is 7. The first-order valence-electron chi connectivity index (χ1n) is 10.8. The van der Waals surface area contributed by atoms with Crippen LogP contribution in [0.15, 0.2) is 98.6 Å². The number of carbonyl (C=O) groups excluding carboxylic acids is 1. The van der Waals surface area contributed by atoms with Gasteiger partial charge in [0.2, 0.25) is 0 Å². The highest BCUT2D eigenvalue weighted by Crippen LogP contribution is 2.41. The van der Waals surface area contributed by atoms with Crippen LogP contribution in [-0.4, -0.2) is 10.9 Å². The molecule has 0 atom stereocenters. The summed E-state index contributed by atoms with van der Waals surface area (Å²) in [7, 11) is 0. The van der Waals surface area contributed by atoms with Crippen LogP contribution in [0.2, 0.25) is 20.1 Å². The average molecular weight is 594 g/mol. The molecule has 3 nitrogen and oxygen atoms in total. The predicted molar refractivity (Wildman–Crippen MR) is 152 cm³/mol. The summed E-state index contributed by atoms with van der Waals surface area (Å²) in [4.78, 5) is 21.4. The fourth-order valence-electron chi connectivity index (χ4n) is 3.48. The van der Waals surface area contributed by atoms with Crippen molar-refractivity contribution in [3.8, 4) is 0 Å². The highest BCUT2D eigenvalue weighted by Gasteiger charge is 2.28. The van der Waals surface area contributed by atoms with Gasteiger partial charge in [-0.15, -0.1) is 0 Å². The molecule has 4 rings (SSSR count). The largest absolute Gasteiger partial charge is 0.341 e. The van der Waals surface area contributed by atoms with Gasteiger partial charge < -0.3 is 5.32 Å². The molecule has 3 aromatic carbocycles. The zero-order valence-electron chi connectivity index (χ0n) is 19.2. The molecule has 9 heteroatoms. The lowest BCUT2D eigenvalue weighted by Crippen LogP contribution is -2.42. The number of nitrogens with one attached hydrogen (secondary N) is 1. The number of nitrogens with zero attached hydrogens (tertiary/aromatic N) is 1. The van der Waals surface area contributed by atoms with Crippen LogP contribution in [0.4, 0.5) is 0 Å². The van der Waals surface area contributed by atoms with Crippen LogP contribution in [-0.2, 0) is 5.54 Å². The Morgan fingerprint density at radius 3 is 1.69 bits per heavy atom. The zero-order chi connectivity index (χ0) is 25.9. The predicted octanol–water partition coefficient (Wildman–Crippen LogP) is 9.66. The van der Waals surface area contributed by atoms with Gasteiger partial charge in [0.1, 0.15) is 0 Å². The summed E-state index contributed by atoms with van der Waals surface area (Å²) in [5, 5.41) is 5.23. The molecular formula is C27H20Cl4N2OS2. The number of hydrogen-bond donors (Lipinski definition) is 1. The zero-order valence-corrected chi connectivity index (χ0v) is 23.8. The Hall–Kier alpha value is -1.86. The van der Waals surface area contributed by atoms with Gasteiger partial charge in [-0.1, -0.05) is 82.1 Å². The second-order valence-electron chi connectivity index (χ2n) is 8.34. The van der Waals surface area contributed by atoms with Crippen molar-refractivity contribution in [1.29, 1.82) is 0 Å². The molecule has 0 aliphatic rings. The van der Waals surface area contributed by atoms with Gasteiger partial charge in [-0.3, -0.25) is 9.78 Å². The van der Waals surface area contributed by atoms with E-state index in [0.29, 0.717) is 25.7 Å². The maximum atomic E-state index is 13.9. The lowest BCUT2D eigenvalue weighted by molar-refractivity contribution is 0.0904. The Bertz CT molecular complexity index is 1300. The molecule has 1 N–H and O–H groups in total. The topological polar surface area (TPSA) is 42.0 Å². The van der Waals surface area contributed by atoms with Crippen LogP contribution in [0.25, 0.3) is 0 Å². The van der Waals surface area contributed by atoms with Gasteiger partial charge in [0.05, 0.1) is 16.8 Å². The summed E-state index contributed by atoms with van der Waals surface area (Å²) in [6.07, 6.45) is 1.71. The van der Waals surface area contributed by atoms with E-state index in [2.05, 4.69) is 10.3 Å².